The van der Waals surface area contributed by atoms with E-state index >= 15 is 0 Å². The molecule has 0 bridgehead atoms. The number of thioether (sulfide) groups is 1. The third-order valence-corrected chi connectivity index (χ3v) is 3.52. The first kappa shape index (κ1) is 11.8. The minimum Gasteiger partial charge on any atom is -0.481 e. The number of aliphatic hydroxyl groups is 1. The SMILES string of the molecule is C[C@H](CSCC1CCC(O)O1)C(=O)O. The summed E-state index contributed by atoms with van der Waals surface area (Å²) in [5.74, 6) is 0.302. The molecule has 1 rings (SSSR count). The number of aliphatic hydroxyl groups excluding tert-OH is 1. The Bertz CT molecular complexity index is 197. The van der Waals surface area contributed by atoms with Gasteiger partial charge >= 0.3 is 5.97 Å². The van der Waals surface area contributed by atoms with Gasteiger partial charge in [-0.25, -0.2) is 0 Å². The summed E-state index contributed by atoms with van der Waals surface area (Å²) in [5, 5.41) is 17.7. The van der Waals surface area contributed by atoms with E-state index in [1.54, 1.807) is 18.7 Å². The Balaban J connectivity index is 2.07. The van der Waals surface area contributed by atoms with Gasteiger partial charge in [0.15, 0.2) is 6.29 Å². The van der Waals surface area contributed by atoms with E-state index in [2.05, 4.69) is 0 Å². The van der Waals surface area contributed by atoms with E-state index in [0.717, 1.165) is 12.2 Å². The van der Waals surface area contributed by atoms with Gasteiger partial charge in [0.2, 0.25) is 0 Å². The molecule has 0 aliphatic carbocycles. The monoisotopic (exact) mass is 220 g/mol. The van der Waals surface area contributed by atoms with Gasteiger partial charge in [-0.2, -0.15) is 11.8 Å². The Labute approximate surface area is 87.6 Å². The molecule has 1 aliphatic heterocycles. The maximum atomic E-state index is 10.5. The van der Waals surface area contributed by atoms with Crippen molar-refractivity contribution in [1.82, 2.24) is 0 Å². The number of carbonyl (C=O) groups is 1. The van der Waals surface area contributed by atoms with Crippen LogP contribution in [0.2, 0.25) is 0 Å². The molecule has 0 amide bonds. The van der Waals surface area contributed by atoms with Crippen LogP contribution in [0, 0.1) is 5.92 Å². The maximum Gasteiger partial charge on any atom is 0.307 e. The van der Waals surface area contributed by atoms with Crippen LogP contribution < -0.4 is 0 Å². The highest BCUT2D eigenvalue weighted by atomic mass is 32.2. The van der Waals surface area contributed by atoms with Crippen molar-refractivity contribution in [3.05, 3.63) is 0 Å². The van der Waals surface area contributed by atoms with E-state index in [1.165, 1.54) is 0 Å². The molecule has 1 aliphatic rings. The molecule has 0 aromatic rings. The molecule has 2 unspecified atom stereocenters. The van der Waals surface area contributed by atoms with Crippen LogP contribution in [0.1, 0.15) is 19.8 Å². The first-order valence-electron chi connectivity index (χ1n) is 4.73. The average molecular weight is 220 g/mol. The molecule has 82 valence electrons. The lowest BCUT2D eigenvalue weighted by Gasteiger charge is -2.11. The Hall–Kier alpha value is -0.260. The zero-order valence-corrected chi connectivity index (χ0v) is 9.00. The first-order valence-corrected chi connectivity index (χ1v) is 5.89. The topological polar surface area (TPSA) is 66.8 Å². The van der Waals surface area contributed by atoms with Gasteiger partial charge in [0, 0.05) is 17.9 Å². The molecule has 0 saturated carbocycles. The molecule has 1 heterocycles. The van der Waals surface area contributed by atoms with Crippen molar-refractivity contribution in [3.8, 4) is 0 Å². The second-order valence-electron chi connectivity index (χ2n) is 3.57. The van der Waals surface area contributed by atoms with Crippen LogP contribution >= 0.6 is 11.8 Å². The summed E-state index contributed by atoms with van der Waals surface area (Å²) in [6.07, 6.45) is 1.04. The fraction of sp³-hybridized carbons (Fsp3) is 0.889. The standard InChI is InChI=1S/C9H16O4S/c1-6(9(11)12)4-14-5-7-2-3-8(10)13-7/h6-8,10H,2-5H2,1H3,(H,11,12)/t6-,7?,8?/m1/s1. The Morgan fingerprint density at radius 2 is 2.36 bits per heavy atom. The number of aliphatic carboxylic acids is 1. The highest BCUT2D eigenvalue weighted by molar-refractivity contribution is 7.99. The highest BCUT2D eigenvalue weighted by Gasteiger charge is 2.23. The van der Waals surface area contributed by atoms with Crippen molar-refractivity contribution in [3.63, 3.8) is 0 Å². The number of ether oxygens (including phenoxy) is 1. The summed E-state index contributed by atoms with van der Waals surface area (Å²) in [4.78, 5) is 10.5. The third kappa shape index (κ3) is 3.86. The lowest BCUT2D eigenvalue weighted by molar-refractivity contribution is -0.140. The molecule has 3 atom stereocenters. The number of hydrogen-bond donors (Lipinski definition) is 2. The second-order valence-corrected chi connectivity index (χ2v) is 4.64. The van der Waals surface area contributed by atoms with Crippen molar-refractivity contribution in [2.45, 2.75) is 32.2 Å². The summed E-state index contributed by atoms with van der Waals surface area (Å²) in [6.45, 7) is 1.69. The molecule has 0 aromatic heterocycles. The van der Waals surface area contributed by atoms with Crippen LogP contribution in [0.5, 0.6) is 0 Å². The molecular formula is C9H16O4S. The summed E-state index contributed by atoms with van der Waals surface area (Å²) < 4.78 is 5.19. The van der Waals surface area contributed by atoms with Crippen LogP contribution in [0.15, 0.2) is 0 Å². The molecule has 1 saturated heterocycles. The molecule has 14 heavy (non-hydrogen) atoms. The van der Waals surface area contributed by atoms with Gasteiger partial charge in [-0.05, 0) is 6.42 Å². The van der Waals surface area contributed by atoms with E-state index < -0.39 is 12.3 Å². The molecule has 0 spiro atoms. The predicted molar refractivity (Wildman–Crippen MR) is 54.2 cm³/mol. The predicted octanol–water partition coefficient (Wildman–Crippen LogP) is 0.938. The molecule has 0 aromatic carbocycles. The molecule has 1 fully saturated rings. The minimum absolute atomic E-state index is 0.0935. The van der Waals surface area contributed by atoms with Crippen LogP contribution in [-0.2, 0) is 9.53 Å². The lowest BCUT2D eigenvalue weighted by Crippen LogP contribution is -2.16. The minimum atomic E-state index is -0.759. The van der Waals surface area contributed by atoms with Crippen LogP contribution in [-0.4, -0.2) is 40.1 Å². The van der Waals surface area contributed by atoms with E-state index in [0.29, 0.717) is 12.2 Å². The van der Waals surface area contributed by atoms with Crippen LogP contribution in [0.3, 0.4) is 0 Å². The number of carboxylic acids is 1. The fourth-order valence-corrected chi connectivity index (χ4v) is 2.40. The number of rotatable bonds is 5. The Morgan fingerprint density at radius 1 is 1.64 bits per heavy atom. The van der Waals surface area contributed by atoms with Gasteiger partial charge in [0.05, 0.1) is 12.0 Å². The van der Waals surface area contributed by atoms with E-state index in [-0.39, 0.29) is 12.0 Å². The van der Waals surface area contributed by atoms with Crippen LogP contribution in [0.25, 0.3) is 0 Å². The summed E-state index contributed by atoms with van der Waals surface area (Å²) in [5.41, 5.74) is 0. The van der Waals surface area contributed by atoms with E-state index in [1.807, 2.05) is 0 Å². The lowest BCUT2D eigenvalue weighted by atomic mass is 10.2. The third-order valence-electron chi connectivity index (χ3n) is 2.18. The Morgan fingerprint density at radius 3 is 2.86 bits per heavy atom. The Kier molecular flexibility index (Phi) is 4.71. The molecular weight excluding hydrogens is 204 g/mol. The van der Waals surface area contributed by atoms with Gasteiger partial charge in [-0.15, -0.1) is 0 Å². The summed E-state index contributed by atoms with van der Waals surface area (Å²) >= 11 is 1.57. The molecule has 4 nitrogen and oxygen atoms in total. The summed E-state index contributed by atoms with van der Waals surface area (Å²) in [6, 6.07) is 0. The van der Waals surface area contributed by atoms with Crippen molar-refractivity contribution < 1.29 is 19.7 Å². The zero-order valence-electron chi connectivity index (χ0n) is 8.18. The highest BCUT2D eigenvalue weighted by Crippen LogP contribution is 2.22. The first-order chi connectivity index (χ1) is 6.59. The normalized spacial score (nSPS) is 29.0. The number of hydrogen-bond acceptors (Lipinski definition) is 4. The number of carboxylic acid groups (broad SMARTS) is 1. The zero-order chi connectivity index (χ0) is 10.6. The molecule has 2 N–H and O–H groups in total. The van der Waals surface area contributed by atoms with E-state index in [4.69, 9.17) is 14.9 Å². The molecule has 0 radical (unpaired) electrons. The quantitative estimate of drug-likeness (QED) is 0.721. The largest absolute Gasteiger partial charge is 0.481 e. The van der Waals surface area contributed by atoms with Gasteiger partial charge in [-0.3, -0.25) is 4.79 Å². The van der Waals surface area contributed by atoms with Crippen LogP contribution in [0.4, 0.5) is 0 Å². The average Bonchev–Trinajstić information content (AvgIpc) is 2.51. The van der Waals surface area contributed by atoms with E-state index in [9.17, 15) is 4.79 Å². The maximum absolute atomic E-state index is 10.5. The second kappa shape index (κ2) is 5.58. The van der Waals surface area contributed by atoms with Gasteiger partial charge < -0.3 is 14.9 Å². The van der Waals surface area contributed by atoms with Crippen molar-refractivity contribution >= 4 is 17.7 Å². The fourth-order valence-electron chi connectivity index (χ4n) is 1.26. The van der Waals surface area contributed by atoms with Crippen molar-refractivity contribution in [2.75, 3.05) is 11.5 Å². The van der Waals surface area contributed by atoms with Gasteiger partial charge in [-0.1, -0.05) is 6.92 Å². The summed E-state index contributed by atoms with van der Waals surface area (Å²) in [7, 11) is 0. The van der Waals surface area contributed by atoms with Gasteiger partial charge in [0.25, 0.3) is 0 Å². The molecule has 5 heteroatoms. The van der Waals surface area contributed by atoms with Crippen molar-refractivity contribution in [1.29, 1.82) is 0 Å². The van der Waals surface area contributed by atoms with Gasteiger partial charge in [0.1, 0.15) is 0 Å². The smallest absolute Gasteiger partial charge is 0.307 e. The van der Waals surface area contributed by atoms with Crippen molar-refractivity contribution in [2.24, 2.45) is 5.92 Å².